The zero-order valence-corrected chi connectivity index (χ0v) is 12.1. The molecular weight excluding hydrogens is 256 g/mol. The number of piperidine rings is 1. The van der Waals surface area contributed by atoms with Crippen LogP contribution in [0.2, 0.25) is 0 Å². The number of furan rings is 1. The van der Waals surface area contributed by atoms with Crippen LogP contribution in [0, 0.1) is 6.92 Å². The van der Waals surface area contributed by atoms with Crippen molar-refractivity contribution in [2.75, 3.05) is 26.2 Å². The third-order valence-electron chi connectivity index (χ3n) is 3.91. The molecule has 1 saturated heterocycles. The van der Waals surface area contributed by atoms with Gasteiger partial charge in [-0.1, -0.05) is 0 Å². The van der Waals surface area contributed by atoms with Crippen LogP contribution in [0.15, 0.2) is 16.7 Å². The summed E-state index contributed by atoms with van der Waals surface area (Å²) >= 11 is 0. The van der Waals surface area contributed by atoms with E-state index in [1.54, 1.807) is 19.3 Å². The topological polar surface area (TPSA) is 65.7 Å². The molecule has 1 aliphatic heterocycles. The Morgan fingerprint density at radius 2 is 2.20 bits per heavy atom. The summed E-state index contributed by atoms with van der Waals surface area (Å²) in [5.41, 5.74) is 0.635. The fourth-order valence-corrected chi connectivity index (χ4v) is 2.63. The monoisotopic (exact) mass is 280 g/mol. The molecule has 1 amide bonds. The second-order valence-electron chi connectivity index (χ2n) is 5.41. The standard InChI is InChI=1S/C15H24N2O3/c1-12-14(6-11-20-12)15(19)16-13-4-8-17(9-5-13)7-2-3-10-18/h6,11,13,18H,2-5,7-10H2,1H3,(H,16,19). The molecule has 0 bridgehead atoms. The lowest BCUT2D eigenvalue weighted by molar-refractivity contribution is 0.0908. The summed E-state index contributed by atoms with van der Waals surface area (Å²) in [6.45, 7) is 5.15. The number of carbonyl (C=O) groups excluding carboxylic acids is 1. The molecule has 5 nitrogen and oxygen atoms in total. The summed E-state index contributed by atoms with van der Waals surface area (Å²) in [7, 11) is 0. The van der Waals surface area contributed by atoms with Gasteiger partial charge in [-0.3, -0.25) is 4.79 Å². The summed E-state index contributed by atoms with van der Waals surface area (Å²) in [6.07, 6.45) is 5.44. The van der Waals surface area contributed by atoms with E-state index in [9.17, 15) is 4.79 Å². The molecule has 2 N–H and O–H groups in total. The van der Waals surface area contributed by atoms with Crippen LogP contribution in [-0.4, -0.2) is 48.2 Å². The van der Waals surface area contributed by atoms with Gasteiger partial charge in [-0.25, -0.2) is 0 Å². The second-order valence-corrected chi connectivity index (χ2v) is 5.41. The predicted molar refractivity (Wildman–Crippen MR) is 76.7 cm³/mol. The number of amides is 1. The maximum absolute atomic E-state index is 12.1. The lowest BCUT2D eigenvalue weighted by atomic mass is 10.0. The summed E-state index contributed by atoms with van der Waals surface area (Å²) in [4.78, 5) is 14.5. The summed E-state index contributed by atoms with van der Waals surface area (Å²) < 4.78 is 5.16. The van der Waals surface area contributed by atoms with Gasteiger partial charge in [0.2, 0.25) is 0 Å². The van der Waals surface area contributed by atoms with E-state index in [1.807, 2.05) is 0 Å². The lowest BCUT2D eigenvalue weighted by Gasteiger charge is -2.32. The molecule has 2 rings (SSSR count). The first kappa shape index (κ1) is 15.1. The SMILES string of the molecule is Cc1occc1C(=O)NC1CCN(CCCCO)CC1. The van der Waals surface area contributed by atoms with Crippen LogP contribution in [0.5, 0.6) is 0 Å². The Morgan fingerprint density at radius 3 is 2.80 bits per heavy atom. The number of likely N-dealkylation sites (tertiary alicyclic amines) is 1. The van der Waals surface area contributed by atoms with Gasteiger partial charge < -0.3 is 19.7 Å². The summed E-state index contributed by atoms with van der Waals surface area (Å²) in [5, 5.41) is 11.9. The molecule has 1 fully saturated rings. The molecule has 1 aromatic rings. The molecule has 0 atom stereocenters. The highest BCUT2D eigenvalue weighted by molar-refractivity contribution is 5.95. The van der Waals surface area contributed by atoms with E-state index >= 15 is 0 Å². The van der Waals surface area contributed by atoms with E-state index < -0.39 is 0 Å². The smallest absolute Gasteiger partial charge is 0.255 e. The van der Waals surface area contributed by atoms with E-state index in [1.165, 1.54) is 0 Å². The van der Waals surface area contributed by atoms with E-state index in [0.29, 0.717) is 11.3 Å². The van der Waals surface area contributed by atoms with E-state index in [2.05, 4.69) is 10.2 Å². The van der Waals surface area contributed by atoms with Gasteiger partial charge in [0, 0.05) is 25.7 Å². The Bertz CT molecular complexity index is 423. The molecule has 0 radical (unpaired) electrons. The van der Waals surface area contributed by atoms with Gasteiger partial charge in [0.05, 0.1) is 11.8 Å². The zero-order chi connectivity index (χ0) is 14.4. The van der Waals surface area contributed by atoms with Gasteiger partial charge in [-0.2, -0.15) is 0 Å². The van der Waals surface area contributed by atoms with Crippen LogP contribution >= 0.6 is 0 Å². The average molecular weight is 280 g/mol. The molecule has 0 spiro atoms. The first-order chi connectivity index (χ1) is 9.70. The highest BCUT2D eigenvalue weighted by atomic mass is 16.3. The Hall–Kier alpha value is -1.33. The number of nitrogens with zero attached hydrogens (tertiary/aromatic N) is 1. The maximum atomic E-state index is 12.1. The Labute approximate surface area is 119 Å². The van der Waals surface area contributed by atoms with Crippen molar-refractivity contribution in [3.63, 3.8) is 0 Å². The van der Waals surface area contributed by atoms with Gasteiger partial charge in [-0.05, 0) is 45.2 Å². The largest absolute Gasteiger partial charge is 0.469 e. The maximum Gasteiger partial charge on any atom is 0.255 e. The van der Waals surface area contributed by atoms with E-state index in [0.717, 1.165) is 45.3 Å². The predicted octanol–water partition coefficient (Wildman–Crippen LogP) is 1.55. The quantitative estimate of drug-likeness (QED) is 0.776. The molecule has 0 unspecified atom stereocenters. The van der Waals surface area contributed by atoms with Crippen molar-refractivity contribution >= 4 is 5.91 Å². The van der Waals surface area contributed by atoms with Crippen LogP contribution in [0.1, 0.15) is 41.8 Å². The molecule has 0 saturated carbocycles. The van der Waals surface area contributed by atoms with Gasteiger partial charge in [0.15, 0.2) is 0 Å². The third-order valence-corrected chi connectivity index (χ3v) is 3.91. The van der Waals surface area contributed by atoms with E-state index in [-0.39, 0.29) is 18.6 Å². The Balaban J connectivity index is 1.72. The van der Waals surface area contributed by atoms with Crippen LogP contribution < -0.4 is 5.32 Å². The van der Waals surface area contributed by atoms with Crippen molar-refractivity contribution in [2.24, 2.45) is 0 Å². The molecule has 2 heterocycles. The third kappa shape index (κ3) is 4.08. The number of aryl methyl sites for hydroxylation is 1. The average Bonchev–Trinajstić information content (AvgIpc) is 2.87. The first-order valence-corrected chi connectivity index (χ1v) is 7.39. The van der Waals surface area contributed by atoms with Crippen molar-refractivity contribution < 1.29 is 14.3 Å². The number of aliphatic hydroxyl groups is 1. The van der Waals surface area contributed by atoms with Crippen molar-refractivity contribution in [3.8, 4) is 0 Å². The Kier molecular flexibility index (Phi) is 5.61. The fraction of sp³-hybridized carbons (Fsp3) is 0.667. The van der Waals surface area contributed by atoms with Gasteiger partial charge >= 0.3 is 0 Å². The fourth-order valence-electron chi connectivity index (χ4n) is 2.63. The normalized spacial score (nSPS) is 17.3. The van der Waals surface area contributed by atoms with Crippen LogP contribution in [-0.2, 0) is 0 Å². The number of hydrogen-bond donors (Lipinski definition) is 2. The number of carbonyl (C=O) groups is 1. The molecule has 5 heteroatoms. The molecule has 20 heavy (non-hydrogen) atoms. The summed E-state index contributed by atoms with van der Waals surface area (Å²) in [5.74, 6) is 0.638. The highest BCUT2D eigenvalue weighted by Gasteiger charge is 2.21. The number of rotatable bonds is 6. The van der Waals surface area contributed by atoms with Crippen molar-refractivity contribution in [1.82, 2.24) is 10.2 Å². The molecule has 112 valence electrons. The molecular formula is C15H24N2O3. The van der Waals surface area contributed by atoms with Gasteiger partial charge in [0.25, 0.3) is 5.91 Å². The minimum atomic E-state index is -0.0324. The minimum absolute atomic E-state index is 0.0324. The van der Waals surface area contributed by atoms with Crippen molar-refractivity contribution in [2.45, 2.75) is 38.6 Å². The van der Waals surface area contributed by atoms with Gasteiger partial charge in [-0.15, -0.1) is 0 Å². The van der Waals surface area contributed by atoms with Gasteiger partial charge in [0.1, 0.15) is 5.76 Å². The molecule has 0 aliphatic carbocycles. The molecule has 1 aliphatic rings. The lowest BCUT2D eigenvalue weighted by Crippen LogP contribution is -2.44. The highest BCUT2D eigenvalue weighted by Crippen LogP contribution is 2.13. The number of aliphatic hydroxyl groups excluding tert-OH is 1. The molecule has 1 aromatic heterocycles. The Morgan fingerprint density at radius 1 is 1.45 bits per heavy atom. The zero-order valence-electron chi connectivity index (χ0n) is 12.1. The van der Waals surface area contributed by atoms with Crippen LogP contribution in [0.3, 0.4) is 0 Å². The summed E-state index contributed by atoms with van der Waals surface area (Å²) in [6, 6.07) is 1.97. The number of hydrogen-bond acceptors (Lipinski definition) is 4. The van der Waals surface area contributed by atoms with E-state index in [4.69, 9.17) is 9.52 Å². The van der Waals surface area contributed by atoms with Crippen molar-refractivity contribution in [3.05, 3.63) is 23.7 Å². The first-order valence-electron chi connectivity index (χ1n) is 7.39. The second kappa shape index (κ2) is 7.45. The molecule has 0 aromatic carbocycles. The van der Waals surface area contributed by atoms with Crippen molar-refractivity contribution in [1.29, 1.82) is 0 Å². The van der Waals surface area contributed by atoms with Crippen LogP contribution in [0.25, 0.3) is 0 Å². The number of nitrogens with one attached hydrogen (secondary N) is 1. The number of unbranched alkanes of at least 4 members (excludes halogenated alkanes) is 1. The van der Waals surface area contributed by atoms with Crippen LogP contribution in [0.4, 0.5) is 0 Å². The minimum Gasteiger partial charge on any atom is -0.469 e.